The molecule has 0 aromatic heterocycles. The lowest BCUT2D eigenvalue weighted by atomic mass is 10.0. The Balaban J connectivity index is 3.03. The van der Waals surface area contributed by atoms with Crippen LogP contribution in [0, 0.1) is 54.8 Å². The molecule has 0 aliphatic heterocycles. The van der Waals surface area contributed by atoms with Crippen molar-refractivity contribution in [2.45, 2.75) is 6.92 Å². The maximum absolute atomic E-state index is 14.2. The summed E-state index contributed by atoms with van der Waals surface area (Å²) < 4.78 is 95.0. The van der Waals surface area contributed by atoms with Crippen LogP contribution in [0.5, 0.6) is 0 Å². The van der Waals surface area contributed by atoms with E-state index in [0.29, 0.717) is 0 Å². The molecule has 0 unspecified atom stereocenters. The second-order valence-corrected chi connectivity index (χ2v) is 6.36. The zero-order valence-corrected chi connectivity index (χ0v) is 14.7. The molecule has 0 nitrogen and oxygen atoms in total. The van der Waals surface area contributed by atoms with Gasteiger partial charge in [0.2, 0.25) is 5.82 Å². The van der Waals surface area contributed by atoms with E-state index < -0.39 is 51.8 Å². The molecule has 9 heteroatoms. The molecule has 0 spiro atoms. The monoisotopic (exact) mass is 546 g/mol. The van der Waals surface area contributed by atoms with Crippen LogP contribution in [0.1, 0.15) is 5.56 Å². The third-order valence-electron chi connectivity index (χ3n) is 2.94. The Labute approximate surface area is 147 Å². The molecule has 2 rings (SSSR count). The third kappa shape index (κ3) is 2.49. The topological polar surface area (TPSA) is 0 Å². The molecule has 2 aromatic carbocycles. The van der Waals surface area contributed by atoms with Crippen molar-refractivity contribution in [3.8, 4) is 11.1 Å². The highest BCUT2D eigenvalue weighted by Crippen LogP contribution is 2.39. The molecule has 118 valence electrons. The van der Waals surface area contributed by atoms with E-state index in [1.807, 2.05) is 0 Å². The minimum Gasteiger partial charge on any atom is -0.205 e. The molecule has 0 aliphatic rings. The van der Waals surface area contributed by atoms with Gasteiger partial charge in [-0.25, -0.2) is 30.7 Å². The number of benzene rings is 2. The molecule has 0 N–H and O–H groups in total. The van der Waals surface area contributed by atoms with Gasteiger partial charge >= 0.3 is 0 Å². The molecule has 22 heavy (non-hydrogen) atoms. The molecule has 0 heterocycles. The first-order valence-corrected chi connectivity index (χ1v) is 7.61. The van der Waals surface area contributed by atoms with Crippen LogP contribution in [-0.2, 0) is 0 Å². The number of hydrogen-bond acceptors (Lipinski definition) is 0. The van der Waals surface area contributed by atoms with Gasteiger partial charge in [-0.2, -0.15) is 0 Å². The van der Waals surface area contributed by atoms with E-state index in [1.54, 1.807) is 0 Å². The molecule has 2 aromatic rings. The van der Waals surface area contributed by atoms with Gasteiger partial charge in [-0.3, -0.25) is 0 Å². The Morgan fingerprint density at radius 3 is 1.14 bits per heavy atom. The number of hydrogen-bond donors (Lipinski definition) is 0. The summed E-state index contributed by atoms with van der Waals surface area (Å²) in [6, 6.07) is 0. The molecule has 0 atom stereocenters. The average Bonchev–Trinajstić information content (AvgIpc) is 2.50. The van der Waals surface area contributed by atoms with Crippen LogP contribution >= 0.6 is 45.2 Å². The van der Waals surface area contributed by atoms with Gasteiger partial charge in [0.05, 0.1) is 18.3 Å². The highest BCUT2D eigenvalue weighted by atomic mass is 127. The quantitative estimate of drug-likeness (QED) is 0.183. The van der Waals surface area contributed by atoms with Crippen LogP contribution in [0.25, 0.3) is 11.1 Å². The highest BCUT2D eigenvalue weighted by molar-refractivity contribution is 14.1. The van der Waals surface area contributed by atoms with Gasteiger partial charge in [0.1, 0.15) is 11.6 Å². The van der Waals surface area contributed by atoms with Gasteiger partial charge in [-0.15, -0.1) is 0 Å². The predicted molar refractivity (Wildman–Crippen MR) is 81.8 cm³/mol. The van der Waals surface area contributed by atoms with Crippen molar-refractivity contribution in [2.75, 3.05) is 0 Å². The Morgan fingerprint density at radius 1 is 0.500 bits per heavy atom. The summed E-state index contributed by atoms with van der Waals surface area (Å²) in [4.78, 5) is 0. The van der Waals surface area contributed by atoms with E-state index >= 15 is 0 Å². The van der Waals surface area contributed by atoms with Crippen molar-refractivity contribution in [1.29, 1.82) is 0 Å². The molecular formula is C13H3F7I2. The van der Waals surface area contributed by atoms with Crippen molar-refractivity contribution < 1.29 is 30.7 Å². The van der Waals surface area contributed by atoms with Crippen molar-refractivity contribution in [3.63, 3.8) is 0 Å². The zero-order chi connectivity index (χ0) is 16.9. The molecule has 0 amide bonds. The van der Waals surface area contributed by atoms with Gasteiger partial charge in [0, 0.05) is 0 Å². The SMILES string of the molecule is Cc1c(I)c(F)c(-c2c(F)c(F)c(F)c(F)c2F)c(F)c1I. The molecule has 0 aliphatic carbocycles. The molecule has 0 fully saturated rings. The summed E-state index contributed by atoms with van der Waals surface area (Å²) in [6.45, 7) is 1.36. The fourth-order valence-electron chi connectivity index (χ4n) is 1.79. The predicted octanol–water partition coefficient (Wildman–Crippen LogP) is 5.84. The molecule has 0 saturated carbocycles. The van der Waals surface area contributed by atoms with E-state index in [2.05, 4.69) is 0 Å². The lowest BCUT2D eigenvalue weighted by Gasteiger charge is -2.14. The van der Waals surface area contributed by atoms with Crippen LogP contribution < -0.4 is 0 Å². The lowest BCUT2D eigenvalue weighted by Crippen LogP contribution is -2.09. The Bertz CT molecular complexity index is 676. The van der Waals surface area contributed by atoms with E-state index in [9.17, 15) is 30.7 Å². The van der Waals surface area contributed by atoms with Crippen molar-refractivity contribution >= 4 is 45.2 Å². The van der Waals surface area contributed by atoms with Crippen LogP contribution in [0.4, 0.5) is 30.7 Å². The van der Waals surface area contributed by atoms with Crippen molar-refractivity contribution in [3.05, 3.63) is 53.4 Å². The van der Waals surface area contributed by atoms with Crippen LogP contribution in [-0.4, -0.2) is 0 Å². The molecule has 0 saturated heterocycles. The molecule has 0 bridgehead atoms. The fourth-order valence-corrected chi connectivity index (χ4v) is 3.38. The van der Waals surface area contributed by atoms with Crippen LogP contribution in [0.3, 0.4) is 0 Å². The largest absolute Gasteiger partial charge is 0.205 e. The normalized spacial score (nSPS) is 11.2. The summed E-state index contributed by atoms with van der Waals surface area (Å²) in [5.41, 5.74) is -2.75. The summed E-state index contributed by atoms with van der Waals surface area (Å²) in [5.74, 6) is -14.3. The summed E-state index contributed by atoms with van der Waals surface area (Å²) in [5, 5.41) is 0. The Hall–Kier alpha value is -0.590. The van der Waals surface area contributed by atoms with Gasteiger partial charge in [0.25, 0.3) is 0 Å². The Kier molecular flexibility index (Phi) is 4.95. The lowest BCUT2D eigenvalue weighted by molar-refractivity contribution is 0.380. The van der Waals surface area contributed by atoms with Gasteiger partial charge in [-0.1, -0.05) is 0 Å². The molecular weight excluding hydrogens is 543 g/mol. The first-order valence-electron chi connectivity index (χ1n) is 5.45. The highest BCUT2D eigenvalue weighted by Gasteiger charge is 2.32. The Morgan fingerprint density at radius 2 is 0.773 bits per heavy atom. The van der Waals surface area contributed by atoms with Gasteiger partial charge in [-0.05, 0) is 57.7 Å². The zero-order valence-electron chi connectivity index (χ0n) is 10.4. The third-order valence-corrected chi connectivity index (χ3v) is 5.51. The standard InChI is InChI=1S/C13H3F7I2/c1-2-12(21)7(16)4(8(17)13(2)22)3-5(14)9(18)11(20)10(19)6(3)15/h1H3. The van der Waals surface area contributed by atoms with Crippen LogP contribution in [0.15, 0.2) is 0 Å². The van der Waals surface area contributed by atoms with Gasteiger partial charge in [0.15, 0.2) is 23.3 Å². The number of halogens is 9. The van der Waals surface area contributed by atoms with E-state index in [-0.39, 0.29) is 12.7 Å². The average molecular weight is 546 g/mol. The minimum atomic E-state index is -2.39. The maximum Gasteiger partial charge on any atom is 0.200 e. The minimum absolute atomic E-state index is 0.156. The number of rotatable bonds is 1. The summed E-state index contributed by atoms with van der Waals surface area (Å²) in [6.07, 6.45) is 0. The van der Waals surface area contributed by atoms with Crippen LogP contribution in [0.2, 0.25) is 0 Å². The second kappa shape index (κ2) is 6.13. The second-order valence-electron chi connectivity index (χ2n) is 4.20. The summed E-state index contributed by atoms with van der Waals surface area (Å²) in [7, 11) is 0. The van der Waals surface area contributed by atoms with E-state index in [4.69, 9.17) is 0 Å². The smallest absolute Gasteiger partial charge is 0.200 e. The molecule has 0 radical (unpaired) electrons. The first kappa shape index (κ1) is 17.8. The first-order chi connectivity index (χ1) is 10.1. The summed E-state index contributed by atoms with van der Waals surface area (Å²) >= 11 is 2.92. The fraction of sp³-hybridized carbons (Fsp3) is 0.0769. The van der Waals surface area contributed by atoms with E-state index in [0.717, 1.165) is 0 Å². The van der Waals surface area contributed by atoms with E-state index in [1.165, 1.54) is 52.1 Å². The van der Waals surface area contributed by atoms with Crippen molar-refractivity contribution in [2.24, 2.45) is 0 Å². The van der Waals surface area contributed by atoms with Crippen molar-refractivity contribution in [1.82, 2.24) is 0 Å². The maximum atomic E-state index is 14.2. The van der Waals surface area contributed by atoms with Gasteiger partial charge < -0.3 is 0 Å².